The van der Waals surface area contributed by atoms with E-state index in [1.54, 1.807) is 6.07 Å². The SMILES string of the molecule is N#Cc1n[nH]nc1-c1nc(-c2ccc3c(c2)OC(F)(F)O3)oc1C1CC1. The summed E-state index contributed by atoms with van der Waals surface area (Å²) in [5, 5.41) is 19.3. The lowest BCUT2D eigenvalue weighted by molar-refractivity contribution is -0.286. The predicted octanol–water partition coefficient (Wildman–Crippen LogP) is 3.20. The van der Waals surface area contributed by atoms with Crippen LogP contribution in [0.2, 0.25) is 0 Å². The van der Waals surface area contributed by atoms with E-state index >= 15 is 0 Å². The molecule has 3 heterocycles. The molecule has 0 spiro atoms. The van der Waals surface area contributed by atoms with Gasteiger partial charge in [-0.25, -0.2) is 4.98 Å². The molecule has 0 saturated heterocycles. The second kappa shape index (κ2) is 5.01. The van der Waals surface area contributed by atoms with Crippen LogP contribution >= 0.6 is 0 Å². The monoisotopic (exact) mass is 357 g/mol. The van der Waals surface area contributed by atoms with Crippen molar-refractivity contribution in [3.63, 3.8) is 0 Å². The Hall–Kier alpha value is -3.48. The number of oxazole rings is 1. The van der Waals surface area contributed by atoms with Gasteiger partial charge < -0.3 is 13.9 Å². The van der Waals surface area contributed by atoms with E-state index in [9.17, 15) is 8.78 Å². The lowest BCUT2D eigenvalue weighted by Gasteiger charge is -2.04. The van der Waals surface area contributed by atoms with Crippen molar-refractivity contribution in [1.82, 2.24) is 20.4 Å². The van der Waals surface area contributed by atoms with Crippen LogP contribution in [0.25, 0.3) is 22.8 Å². The molecule has 1 fully saturated rings. The molecule has 1 N–H and O–H groups in total. The third kappa shape index (κ3) is 2.28. The minimum absolute atomic E-state index is 0.0591. The zero-order chi connectivity index (χ0) is 17.9. The summed E-state index contributed by atoms with van der Waals surface area (Å²) in [6, 6.07) is 6.23. The second-order valence-electron chi connectivity index (χ2n) is 5.97. The number of ether oxygens (including phenoxy) is 2. The fraction of sp³-hybridized carbons (Fsp3) is 0.250. The highest BCUT2D eigenvalue weighted by Gasteiger charge is 2.43. The van der Waals surface area contributed by atoms with E-state index in [-0.39, 0.29) is 29.0 Å². The molecule has 1 saturated carbocycles. The first kappa shape index (κ1) is 14.8. The number of aromatic nitrogens is 4. The number of nitrogens with one attached hydrogen (secondary N) is 1. The topological polar surface area (TPSA) is 110 Å². The van der Waals surface area contributed by atoms with Gasteiger partial charge in [0.2, 0.25) is 5.89 Å². The van der Waals surface area contributed by atoms with Gasteiger partial charge in [-0.15, -0.1) is 13.9 Å². The standard InChI is InChI=1S/C16H9F2N5O3/c17-16(18)25-10-4-3-8(5-11(10)26-16)15-20-13(14(24-15)7-1-2-7)12-9(6-19)21-23-22-12/h3-5,7H,1-2H2,(H,21,22,23). The van der Waals surface area contributed by atoms with Crippen molar-refractivity contribution < 1.29 is 22.7 Å². The van der Waals surface area contributed by atoms with E-state index in [1.807, 2.05) is 6.07 Å². The Kier molecular flexibility index (Phi) is 2.86. The molecule has 10 heteroatoms. The van der Waals surface area contributed by atoms with E-state index in [4.69, 9.17) is 9.68 Å². The maximum Gasteiger partial charge on any atom is 0.586 e. The lowest BCUT2D eigenvalue weighted by atomic mass is 10.2. The number of halogens is 2. The summed E-state index contributed by atoms with van der Waals surface area (Å²) in [4.78, 5) is 4.43. The van der Waals surface area contributed by atoms with Gasteiger partial charge in [0.05, 0.1) is 0 Å². The molecule has 2 aliphatic rings. The quantitative estimate of drug-likeness (QED) is 0.766. The third-order valence-corrected chi connectivity index (χ3v) is 4.13. The maximum atomic E-state index is 13.2. The minimum Gasteiger partial charge on any atom is -0.440 e. The minimum atomic E-state index is -3.69. The fourth-order valence-corrected chi connectivity index (χ4v) is 2.80. The van der Waals surface area contributed by atoms with Gasteiger partial charge in [0.25, 0.3) is 0 Å². The predicted molar refractivity (Wildman–Crippen MR) is 80.2 cm³/mol. The zero-order valence-electron chi connectivity index (χ0n) is 13.0. The average Bonchev–Trinajstić information content (AvgIpc) is 3.06. The number of benzene rings is 1. The molecule has 0 amide bonds. The Balaban J connectivity index is 1.60. The highest BCUT2D eigenvalue weighted by atomic mass is 19.3. The summed E-state index contributed by atoms with van der Waals surface area (Å²) >= 11 is 0. The summed E-state index contributed by atoms with van der Waals surface area (Å²) in [6.45, 7) is 0. The smallest absolute Gasteiger partial charge is 0.440 e. The highest BCUT2D eigenvalue weighted by molar-refractivity contribution is 5.68. The number of aromatic amines is 1. The fourth-order valence-electron chi connectivity index (χ4n) is 2.80. The highest BCUT2D eigenvalue weighted by Crippen LogP contribution is 2.47. The van der Waals surface area contributed by atoms with Crippen LogP contribution in [-0.2, 0) is 0 Å². The Morgan fingerprint density at radius 1 is 1.15 bits per heavy atom. The van der Waals surface area contributed by atoms with Gasteiger partial charge in [0.15, 0.2) is 22.9 Å². The first-order valence-electron chi connectivity index (χ1n) is 7.76. The van der Waals surface area contributed by atoms with Crippen LogP contribution in [0, 0.1) is 11.3 Å². The molecule has 0 bridgehead atoms. The van der Waals surface area contributed by atoms with Gasteiger partial charge in [-0.3, -0.25) is 0 Å². The van der Waals surface area contributed by atoms with Crippen molar-refractivity contribution >= 4 is 0 Å². The molecule has 0 atom stereocenters. The summed E-state index contributed by atoms with van der Waals surface area (Å²) in [5.74, 6) is 0.854. The van der Waals surface area contributed by atoms with Crippen molar-refractivity contribution in [2.45, 2.75) is 25.1 Å². The van der Waals surface area contributed by atoms with Crippen molar-refractivity contribution in [1.29, 1.82) is 5.26 Å². The normalized spacial score (nSPS) is 17.3. The molecule has 0 unspecified atom stereocenters. The first-order valence-corrected chi connectivity index (χ1v) is 7.76. The van der Waals surface area contributed by atoms with Gasteiger partial charge in [0.1, 0.15) is 17.5 Å². The summed E-state index contributed by atoms with van der Waals surface area (Å²) in [7, 11) is 0. The van der Waals surface area contributed by atoms with Gasteiger partial charge in [-0.2, -0.15) is 15.6 Å². The van der Waals surface area contributed by atoms with Crippen molar-refractivity contribution in [2.24, 2.45) is 0 Å². The number of nitrogens with zero attached hydrogens (tertiary/aromatic N) is 4. The Morgan fingerprint density at radius 3 is 2.73 bits per heavy atom. The number of H-pyrrole nitrogens is 1. The molecule has 1 aliphatic carbocycles. The molecule has 130 valence electrons. The Labute approximate surface area is 144 Å². The number of fused-ring (bicyclic) bond motifs is 1. The summed E-state index contributed by atoms with van der Waals surface area (Å²) in [6.07, 6.45) is -1.81. The van der Waals surface area contributed by atoms with Crippen LogP contribution in [0.15, 0.2) is 22.6 Å². The Bertz CT molecular complexity index is 1060. The molecule has 5 rings (SSSR count). The van der Waals surface area contributed by atoms with Crippen LogP contribution < -0.4 is 9.47 Å². The molecule has 1 aliphatic heterocycles. The van der Waals surface area contributed by atoms with Crippen molar-refractivity contribution in [3.05, 3.63) is 29.7 Å². The molecule has 1 aromatic carbocycles. The van der Waals surface area contributed by atoms with Gasteiger partial charge in [-0.05, 0) is 31.0 Å². The maximum absolute atomic E-state index is 13.2. The van der Waals surface area contributed by atoms with Gasteiger partial charge in [-0.1, -0.05) is 0 Å². The van der Waals surface area contributed by atoms with Crippen LogP contribution in [-0.4, -0.2) is 26.7 Å². The number of nitriles is 1. The first-order chi connectivity index (χ1) is 12.5. The summed E-state index contributed by atoms with van der Waals surface area (Å²) < 4.78 is 41.1. The number of rotatable bonds is 3. The number of hydrogen-bond donors (Lipinski definition) is 1. The summed E-state index contributed by atoms with van der Waals surface area (Å²) in [5.41, 5.74) is 1.28. The molecule has 8 nitrogen and oxygen atoms in total. The largest absolute Gasteiger partial charge is 0.586 e. The molecular formula is C16H9F2N5O3. The van der Waals surface area contributed by atoms with Crippen molar-refractivity contribution in [3.8, 4) is 40.4 Å². The molecule has 0 radical (unpaired) electrons. The molecular weight excluding hydrogens is 348 g/mol. The second-order valence-corrected chi connectivity index (χ2v) is 5.97. The third-order valence-electron chi connectivity index (χ3n) is 4.13. The van der Waals surface area contributed by atoms with Crippen molar-refractivity contribution in [2.75, 3.05) is 0 Å². The van der Waals surface area contributed by atoms with E-state index in [0.29, 0.717) is 22.7 Å². The zero-order valence-corrected chi connectivity index (χ0v) is 13.0. The van der Waals surface area contributed by atoms with Crippen LogP contribution in [0.1, 0.15) is 30.2 Å². The Morgan fingerprint density at radius 2 is 1.96 bits per heavy atom. The van der Waals surface area contributed by atoms with Crippen LogP contribution in [0.5, 0.6) is 11.5 Å². The molecule has 2 aromatic heterocycles. The van der Waals surface area contributed by atoms with E-state index < -0.39 is 6.29 Å². The van der Waals surface area contributed by atoms with Crippen LogP contribution in [0.4, 0.5) is 8.78 Å². The average molecular weight is 357 g/mol. The number of alkyl halides is 2. The van der Waals surface area contributed by atoms with Gasteiger partial charge in [0, 0.05) is 11.5 Å². The molecule has 26 heavy (non-hydrogen) atoms. The lowest BCUT2D eigenvalue weighted by Crippen LogP contribution is -2.25. The molecule has 3 aromatic rings. The van der Waals surface area contributed by atoms with E-state index in [1.165, 1.54) is 12.1 Å². The van der Waals surface area contributed by atoms with E-state index in [2.05, 4.69) is 29.9 Å². The van der Waals surface area contributed by atoms with E-state index in [0.717, 1.165) is 12.8 Å². The number of hydrogen-bond acceptors (Lipinski definition) is 7. The van der Waals surface area contributed by atoms with Crippen LogP contribution in [0.3, 0.4) is 0 Å². The van der Waals surface area contributed by atoms with Gasteiger partial charge >= 0.3 is 6.29 Å².